The maximum Gasteiger partial charge on any atom is 0.162 e. The highest BCUT2D eigenvalue weighted by molar-refractivity contribution is 6.35. The molecular weight excluding hydrogens is 661 g/mol. The largest absolute Gasteiger partial charge is 0.452 e. The van der Waals surface area contributed by atoms with Crippen molar-refractivity contribution in [2.75, 3.05) is 0 Å². The summed E-state index contributed by atoms with van der Waals surface area (Å²) in [6.45, 7) is 13.7. The average Bonchev–Trinajstić information content (AvgIpc) is 3.71. The van der Waals surface area contributed by atoms with Crippen LogP contribution in [-0.2, 0) is 10.8 Å². The Labute approximate surface area is 312 Å². The van der Waals surface area contributed by atoms with Crippen molar-refractivity contribution in [3.63, 3.8) is 0 Å². The first-order chi connectivity index (χ1) is 26.1. The van der Waals surface area contributed by atoms with E-state index < -0.39 is 0 Å². The quantitative estimate of drug-likeness (QED) is 0.168. The zero-order valence-corrected chi connectivity index (χ0v) is 31.4. The van der Waals surface area contributed by atoms with Gasteiger partial charge >= 0.3 is 0 Å². The molecular formula is C50H40N2O2. The number of para-hydroxylation sites is 2. The van der Waals surface area contributed by atoms with Crippen LogP contribution in [0.3, 0.4) is 0 Å². The SMILES string of the molecule is CC(C)(C)c1ccc2c(c1)c1c3oc4c(-c5ccccc5)cccc4n4c5ccc(C(C)(C)C)cc5c(c5oc6c(-c7ccccc7)cccc6n2c51)c34. The first-order valence-electron chi connectivity index (χ1n) is 18.9. The summed E-state index contributed by atoms with van der Waals surface area (Å²) in [6.07, 6.45) is 0. The van der Waals surface area contributed by atoms with Gasteiger partial charge in [-0.1, -0.05) is 139 Å². The molecule has 0 bridgehead atoms. The fourth-order valence-corrected chi connectivity index (χ4v) is 8.85. The Hall–Kier alpha value is -6.26. The van der Waals surface area contributed by atoms with E-state index in [2.05, 4.69) is 184 Å². The standard InChI is InChI=1S/C50H40N2O2/c1-49(2,3)31-23-25-37-35(27-31)41-43-48(54-45-33(29-15-9-7-10-16-29)19-13-21-39(45)51(37)43)42-36-28-32(50(4,5)6)24-26-38(36)52-40-22-14-20-34(30-17-11-8-12-18-30)46(40)53-47(41)44(42)52/h7-28H,1-6H3. The normalized spacial score (nSPS) is 13.0. The first-order valence-corrected chi connectivity index (χ1v) is 18.9. The van der Waals surface area contributed by atoms with Crippen LogP contribution in [0.4, 0.5) is 0 Å². The lowest BCUT2D eigenvalue weighted by atomic mass is 9.86. The van der Waals surface area contributed by atoms with Gasteiger partial charge < -0.3 is 17.6 Å². The summed E-state index contributed by atoms with van der Waals surface area (Å²) < 4.78 is 19.7. The lowest BCUT2D eigenvalue weighted by Gasteiger charge is -2.19. The van der Waals surface area contributed by atoms with Gasteiger partial charge in [0.15, 0.2) is 22.3 Å². The van der Waals surface area contributed by atoms with Crippen molar-refractivity contribution in [2.24, 2.45) is 0 Å². The molecule has 0 atom stereocenters. The van der Waals surface area contributed by atoms with E-state index in [1.165, 1.54) is 11.1 Å². The molecule has 4 aromatic heterocycles. The Morgan fingerprint density at radius 2 is 0.796 bits per heavy atom. The molecule has 0 saturated carbocycles. The lowest BCUT2D eigenvalue weighted by molar-refractivity contribution is 0.591. The van der Waals surface area contributed by atoms with Gasteiger partial charge in [0.05, 0.1) is 32.8 Å². The van der Waals surface area contributed by atoms with Gasteiger partial charge in [0.1, 0.15) is 11.0 Å². The summed E-state index contributed by atoms with van der Waals surface area (Å²) in [7, 11) is 0. The minimum absolute atomic E-state index is 0.0476. The van der Waals surface area contributed by atoms with Gasteiger partial charge in [-0.3, -0.25) is 0 Å². The van der Waals surface area contributed by atoms with E-state index in [1.807, 2.05) is 0 Å². The third-order valence-electron chi connectivity index (χ3n) is 11.6. The van der Waals surface area contributed by atoms with E-state index in [-0.39, 0.29) is 10.8 Å². The zero-order valence-electron chi connectivity index (χ0n) is 31.4. The minimum atomic E-state index is -0.0476. The third kappa shape index (κ3) is 4.19. The van der Waals surface area contributed by atoms with E-state index in [0.29, 0.717) is 0 Å². The second-order valence-electron chi connectivity index (χ2n) is 17.0. The molecule has 4 nitrogen and oxygen atoms in total. The van der Waals surface area contributed by atoms with Crippen molar-refractivity contribution < 1.29 is 8.83 Å². The van der Waals surface area contributed by atoms with Crippen LogP contribution in [0.5, 0.6) is 0 Å². The predicted octanol–water partition coefficient (Wildman–Crippen LogP) is 14.2. The van der Waals surface area contributed by atoms with E-state index in [0.717, 1.165) is 99.2 Å². The van der Waals surface area contributed by atoms with Crippen molar-refractivity contribution in [1.29, 1.82) is 0 Å². The molecule has 11 rings (SSSR count). The summed E-state index contributed by atoms with van der Waals surface area (Å²) in [5.41, 5.74) is 16.7. The summed E-state index contributed by atoms with van der Waals surface area (Å²) in [4.78, 5) is 0. The number of fused-ring (bicyclic) bond motifs is 12. The Kier molecular flexibility index (Phi) is 6.18. The fourth-order valence-electron chi connectivity index (χ4n) is 8.85. The maximum absolute atomic E-state index is 7.44. The molecule has 0 unspecified atom stereocenters. The van der Waals surface area contributed by atoms with Crippen LogP contribution in [-0.4, -0.2) is 8.80 Å². The van der Waals surface area contributed by atoms with E-state index in [9.17, 15) is 0 Å². The molecule has 0 aliphatic carbocycles. The van der Waals surface area contributed by atoms with Gasteiger partial charge in [-0.2, -0.15) is 0 Å². The summed E-state index contributed by atoms with van der Waals surface area (Å²) in [6, 6.07) is 48.2. The van der Waals surface area contributed by atoms with Gasteiger partial charge in [-0.25, -0.2) is 0 Å². The Morgan fingerprint density at radius 3 is 1.19 bits per heavy atom. The lowest BCUT2D eigenvalue weighted by Crippen LogP contribution is -2.10. The summed E-state index contributed by atoms with van der Waals surface area (Å²) in [5.74, 6) is 0. The van der Waals surface area contributed by atoms with Crippen LogP contribution in [0.25, 0.3) is 99.2 Å². The van der Waals surface area contributed by atoms with Gasteiger partial charge in [0, 0.05) is 21.9 Å². The molecule has 0 amide bonds. The van der Waals surface area contributed by atoms with Crippen LogP contribution in [0.15, 0.2) is 142 Å². The zero-order chi connectivity index (χ0) is 36.7. The van der Waals surface area contributed by atoms with Crippen molar-refractivity contribution in [1.82, 2.24) is 8.80 Å². The molecule has 0 saturated heterocycles. The first kappa shape index (κ1) is 31.3. The van der Waals surface area contributed by atoms with Gasteiger partial charge in [0.2, 0.25) is 0 Å². The second-order valence-corrected chi connectivity index (χ2v) is 17.0. The Morgan fingerprint density at radius 1 is 0.389 bits per heavy atom. The maximum atomic E-state index is 7.44. The van der Waals surface area contributed by atoms with Crippen molar-refractivity contribution in [3.8, 4) is 22.3 Å². The molecule has 7 aromatic carbocycles. The second kappa shape index (κ2) is 10.7. The summed E-state index contributed by atoms with van der Waals surface area (Å²) in [5, 5.41) is 4.46. The van der Waals surface area contributed by atoms with E-state index >= 15 is 0 Å². The average molecular weight is 701 g/mol. The topological polar surface area (TPSA) is 35.1 Å². The van der Waals surface area contributed by atoms with Crippen LogP contribution in [0, 0.1) is 0 Å². The molecule has 4 heterocycles. The molecule has 262 valence electrons. The van der Waals surface area contributed by atoms with Crippen molar-refractivity contribution >= 4 is 77.0 Å². The summed E-state index contributed by atoms with van der Waals surface area (Å²) >= 11 is 0. The number of benzene rings is 7. The fraction of sp³-hybridized carbons (Fsp3) is 0.160. The molecule has 0 aliphatic rings. The number of hydrogen-bond acceptors (Lipinski definition) is 2. The Bertz CT molecular complexity index is 3090. The molecule has 54 heavy (non-hydrogen) atoms. The van der Waals surface area contributed by atoms with Gasteiger partial charge in [-0.05, 0) is 69.5 Å². The smallest absolute Gasteiger partial charge is 0.162 e. The van der Waals surface area contributed by atoms with E-state index in [4.69, 9.17) is 8.83 Å². The Balaban J connectivity index is 1.47. The highest BCUT2D eigenvalue weighted by Gasteiger charge is 2.30. The van der Waals surface area contributed by atoms with Gasteiger partial charge in [0.25, 0.3) is 0 Å². The highest BCUT2D eigenvalue weighted by Crippen LogP contribution is 2.50. The number of rotatable bonds is 2. The molecule has 0 aliphatic heterocycles. The molecule has 0 spiro atoms. The number of nitrogens with zero attached hydrogens (tertiary/aromatic N) is 2. The van der Waals surface area contributed by atoms with Crippen LogP contribution in [0.1, 0.15) is 52.7 Å². The monoisotopic (exact) mass is 700 g/mol. The van der Waals surface area contributed by atoms with Crippen molar-refractivity contribution in [2.45, 2.75) is 52.4 Å². The van der Waals surface area contributed by atoms with Gasteiger partial charge in [-0.15, -0.1) is 0 Å². The molecule has 0 N–H and O–H groups in total. The van der Waals surface area contributed by atoms with Crippen LogP contribution >= 0.6 is 0 Å². The molecule has 11 aromatic rings. The molecule has 0 radical (unpaired) electrons. The van der Waals surface area contributed by atoms with Crippen LogP contribution < -0.4 is 0 Å². The highest BCUT2D eigenvalue weighted by atomic mass is 16.3. The minimum Gasteiger partial charge on any atom is -0.452 e. The predicted molar refractivity (Wildman–Crippen MR) is 226 cm³/mol. The van der Waals surface area contributed by atoms with Crippen LogP contribution in [0.2, 0.25) is 0 Å². The third-order valence-corrected chi connectivity index (χ3v) is 11.6. The number of hydrogen-bond donors (Lipinski definition) is 0. The molecule has 0 fully saturated rings. The van der Waals surface area contributed by atoms with E-state index in [1.54, 1.807) is 0 Å². The molecule has 4 heteroatoms. The van der Waals surface area contributed by atoms with Crippen molar-refractivity contribution in [3.05, 3.63) is 145 Å². The number of aromatic nitrogens is 2.